The van der Waals surface area contributed by atoms with Gasteiger partial charge in [0.15, 0.2) is 0 Å². The number of alkyl halides is 4. The van der Waals surface area contributed by atoms with E-state index in [0.717, 1.165) is 4.68 Å². The second-order valence-corrected chi connectivity index (χ2v) is 4.53. The van der Waals surface area contributed by atoms with Crippen molar-refractivity contribution >= 4 is 11.5 Å². The lowest BCUT2D eigenvalue weighted by molar-refractivity contribution is -0.384. The van der Waals surface area contributed by atoms with Gasteiger partial charge in [0.05, 0.1) is 11.5 Å². The van der Waals surface area contributed by atoms with Crippen LogP contribution in [0.1, 0.15) is 25.5 Å². The molecule has 0 aliphatic carbocycles. The summed E-state index contributed by atoms with van der Waals surface area (Å²) in [6, 6.07) is 0. The molecule has 20 heavy (non-hydrogen) atoms. The summed E-state index contributed by atoms with van der Waals surface area (Å²) in [4.78, 5) is 10.2. The molecule has 0 aliphatic rings. The number of hydrogen-bond acceptors (Lipinski definition) is 4. The highest BCUT2D eigenvalue weighted by Gasteiger charge is 2.41. The Hall–Kier alpha value is -1.87. The lowest BCUT2D eigenvalue weighted by atomic mass is 10.1. The van der Waals surface area contributed by atoms with Gasteiger partial charge in [-0.2, -0.15) is 13.9 Å². The number of hydrogen-bond donors (Lipinski definition) is 1. The van der Waals surface area contributed by atoms with Crippen molar-refractivity contribution in [3.8, 4) is 0 Å². The first-order valence-corrected chi connectivity index (χ1v) is 5.69. The number of anilines is 1. The molecule has 0 atom stereocenters. The van der Waals surface area contributed by atoms with E-state index < -0.39 is 29.5 Å². The molecule has 0 fully saturated rings. The highest BCUT2D eigenvalue weighted by atomic mass is 19.3. The second-order valence-electron chi connectivity index (χ2n) is 4.53. The molecule has 1 rings (SSSR count). The van der Waals surface area contributed by atoms with Crippen LogP contribution in [-0.2, 0) is 7.05 Å². The van der Waals surface area contributed by atoms with Crippen molar-refractivity contribution in [2.75, 3.05) is 11.9 Å². The third kappa shape index (κ3) is 3.17. The van der Waals surface area contributed by atoms with Crippen LogP contribution in [0.25, 0.3) is 0 Å². The molecule has 0 spiro atoms. The maximum atomic E-state index is 12.8. The fourth-order valence-corrected chi connectivity index (χ4v) is 1.58. The molecular formula is C10H14F4N4O2. The van der Waals surface area contributed by atoms with Gasteiger partial charge in [-0.05, 0) is 0 Å². The van der Waals surface area contributed by atoms with E-state index >= 15 is 0 Å². The van der Waals surface area contributed by atoms with Gasteiger partial charge in [-0.25, -0.2) is 13.5 Å². The van der Waals surface area contributed by atoms with Crippen molar-refractivity contribution in [2.24, 2.45) is 7.05 Å². The zero-order valence-corrected chi connectivity index (χ0v) is 11.0. The summed E-state index contributed by atoms with van der Waals surface area (Å²) in [6.07, 6.45) is -3.85. The smallest absolute Gasteiger partial charge is 0.334 e. The maximum absolute atomic E-state index is 12.8. The van der Waals surface area contributed by atoms with Crippen molar-refractivity contribution in [2.45, 2.75) is 32.1 Å². The molecule has 0 aliphatic heterocycles. The van der Waals surface area contributed by atoms with Crippen molar-refractivity contribution in [3.63, 3.8) is 0 Å². The van der Waals surface area contributed by atoms with Gasteiger partial charge in [0.2, 0.25) is 5.82 Å². The van der Waals surface area contributed by atoms with Crippen LogP contribution in [0.2, 0.25) is 0 Å². The quantitative estimate of drug-likeness (QED) is 0.498. The number of nitrogens with one attached hydrogen (secondary N) is 1. The normalized spacial score (nSPS) is 12.2. The Balaban J connectivity index is 3.10. The number of nitrogens with zero attached hydrogens (tertiary/aromatic N) is 3. The minimum absolute atomic E-state index is 0.0976. The van der Waals surface area contributed by atoms with Crippen LogP contribution in [0.4, 0.5) is 29.1 Å². The number of aryl methyl sites for hydroxylation is 1. The molecule has 1 heterocycles. The topological polar surface area (TPSA) is 73.0 Å². The van der Waals surface area contributed by atoms with E-state index in [-0.39, 0.29) is 17.4 Å². The molecule has 10 heteroatoms. The van der Waals surface area contributed by atoms with Crippen LogP contribution in [0.3, 0.4) is 0 Å². The van der Waals surface area contributed by atoms with Gasteiger partial charge in [-0.1, -0.05) is 13.8 Å². The van der Waals surface area contributed by atoms with Crippen molar-refractivity contribution in [1.82, 2.24) is 9.78 Å². The molecule has 0 unspecified atom stereocenters. The summed E-state index contributed by atoms with van der Waals surface area (Å²) in [5.74, 6) is -4.91. The summed E-state index contributed by atoms with van der Waals surface area (Å²) in [6.45, 7) is 1.88. The first-order chi connectivity index (χ1) is 9.08. The Morgan fingerprint density at radius 1 is 1.45 bits per heavy atom. The molecule has 1 aromatic heterocycles. The van der Waals surface area contributed by atoms with E-state index in [1.807, 2.05) is 5.32 Å². The minimum Gasteiger partial charge on any atom is -0.358 e. The van der Waals surface area contributed by atoms with Gasteiger partial charge in [0, 0.05) is 13.0 Å². The largest absolute Gasteiger partial charge is 0.358 e. The highest BCUT2D eigenvalue weighted by Crippen LogP contribution is 2.33. The molecule has 0 radical (unpaired) electrons. The Labute approximate surface area is 111 Å². The zero-order chi connectivity index (χ0) is 15.7. The fraction of sp³-hybridized carbons (Fsp3) is 0.700. The predicted octanol–water partition coefficient (Wildman–Crippen LogP) is 2.76. The highest BCUT2D eigenvalue weighted by molar-refractivity contribution is 5.60. The van der Waals surface area contributed by atoms with Gasteiger partial charge in [0.25, 0.3) is 0 Å². The lowest BCUT2D eigenvalue weighted by Gasteiger charge is -2.16. The molecular weight excluding hydrogens is 284 g/mol. The molecule has 0 amide bonds. The van der Waals surface area contributed by atoms with Crippen LogP contribution >= 0.6 is 0 Å². The van der Waals surface area contributed by atoms with Gasteiger partial charge < -0.3 is 5.32 Å². The van der Waals surface area contributed by atoms with Gasteiger partial charge in [-0.15, -0.1) is 0 Å². The third-order valence-electron chi connectivity index (χ3n) is 2.59. The fourth-order valence-electron chi connectivity index (χ4n) is 1.58. The Kier molecular flexibility index (Phi) is 4.56. The summed E-state index contributed by atoms with van der Waals surface area (Å²) in [5.41, 5.74) is -0.382. The summed E-state index contributed by atoms with van der Waals surface area (Å²) >= 11 is 0. The zero-order valence-electron chi connectivity index (χ0n) is 11.0. The monoisotopic (exact) mass is 298 g/mol. The van der Waals surface area contributed by atoms with E-state index in [4.69, 9.17) is 0 Å². The van der Waals surface area contributed by atoms with Crippen molar-refractivity contribution in [1.29, 1.82) is 0 Å². The second kappa shape index (κ2) is 5.63. The van der Waals surface area contributed by atoms with Gasteiger partial charge in [0.1, 0.15) is 5.69 Å². The third-order valence-corrected chi connectivity index (χ3v) is 2.59. The Morgan fingerprint density at radius 2 is 2.00 bits per heavy atom. The van der Waals surface area contributed by atoms with Gasteiger partial charge >= 0.3 is 18.0 Å². The average molecular weight is 298 g/mol. The standard InChI is InChI=1S/C10H14F4N4O2/c1-5(2)6-7(18(19)20)8(17(3)16-6)15-4-10(13,14)9(11)12/h5,9,15H,4H2,1-3H3. The summed E-state index contributed by atoms with van der Waals surface area (Å²) in [5, 5.41) is 16.8. The van der Waals surface area contributed by atoms with E-state index in [0.29, 0.717) is 0 Å². The summed E-state index contributed by atoms with van der Waals surface area (Å²) < 4.78 is 50.8. The van der Waals surface area contributed by atoms with Crippen LogP contribution in [-0.4, -0.2) is 33.6 Å². The predicted molar refractivity (Wildman–Crippen MR) is 63.4 cm³/mol. The number of halogens is 4. The van der Waals surface area contributed by atoms with E-state index in [1.54, 1.807) is 13.8 Å². The molecule has 114 valence electrons. The maximum Gasteiger partial charge on any atom is 0.334 e. The Morgan fingerprint density at radius 3 is 2.40 bits per heavy atom. The molecule has 1 aromatic rings. The number of aromatic nitrogens is 2. The van der Waals surface area contributed by atoms with E-state index in [2.05, 4.69) is 5.10 Å². The number of rotatable bonds is 6. The van der Waals surface area contributed by atoms with Crippen LogP contribution in [0.15, 0.2) is 0 Å². The SMILES string of the molecule is CC(C)c1nn(C)c(NCC(F)(F)C(F)F)c1[N+](=O)[O-]. The first-order valence-electron chi connectivity index (χ1n) is 5.69. The van der Waals surface area contributed by atoms with Gasteiger partial charge in [-0.3, -0.25) is 10.1 Å². The molecule has 1 N–H and O–H groups in total. The van der Waals surface area contributed by atoms with Crippen LogP contribution in [0.5, 0.6) is 0 Å². The van der Waals surface area contributed by atoms with Crippen LogP contribution < -0.4 is 5.32 Å². The number of nitro groups is 1. The Bertz CT molecular complexity index is 502. The average Bonchev–Trinajstić information content (AvgIpc) is 2.64. The summed E-state index contributed by atoms with van der Waals surface area (Å²) in [7, 11) is 1.31. The van der Waals surface area contributed by atoms with Crippen molar-refractivity contribution < 1.29 is 22.5 Å². The molecule has 0 aromatic carbocycles. The van der Waals surface area contributed by atoms with E-state index in [9.17, 15) is 27.7 Å². The first kappa shape index (κ1) is 16.2. The molecule has 0 saturated carbocycles. The molecule has 6 nitrogen and oxygen atoms in total. The van der Waals surface area contributed by atoms with E-state index in [1.165, 1.54) is 7.05 Å². The minimum atomic E-state index is -4.28. The lowest BCUT2D eigenvalue weighted by Crippen LogP contribution is -2.35. The van der Waals surface area contributed by atoms with Crippen molar-refractivity contribution in [3.05, 3.63) is 15.8 Å². The molecule has 0 bridgehead atoms. The molecule has 0 saturated heterocycles. The van der Waals surface area contributed by atoms with Crippen LogP contribution in [0, 0.1) is 10.1 Å².